The minimum Gasteiger partial charge on any atom is -0.379 e. The van der Waals surface area contributed by atoms with Crippen molar-refractivity contribution in [3.8, 4) is 0 Å². The fourth-order valence-corrected chi connectivity index (χ4v) is 2.94. The van der Waals surface area contributed by atoms with Gasteiger partial charge in [0.1, 0.15) is 0 Å². The highest BCUT2D eigenvalue weighted by Crippen LogP contribution is 2.13. The minimum atomic E-state index is 0.505. The van der Waals surface area contributed by atoms with Crippen LogP contribution in [0.4, 0.5) is 0 Å². The van der Waals surface area contributed by atoms with Crippen molar-refractivity contribution in [1.29, 1.82) is 0 Å². The average Bonchev–Trinajstić information content (AvgIpc) is 3.10. The molecule has 1 aliphatic rings. The van der Waals surface area contributed by atoms with Gasteiger partial charge in [0.15, 0.2) is 5.96 Å². The van der Waals surface area contributed by atoms with Crippen LogP contribution < -0.4 is 10.6 Å². The molecule has 1 aliphatic heterocycles. The fourth-order valence-electron chi connectivity index (χ4n) is 2.94. The summed E-state index contributed by atoms with van der Waals surface area (Å²) in [6.07, 6.45) is 2.93. The molecule has 0 aliphatic carbocycles. The maximum Gasteiger partial charge on any atom is 0.191 e. The zero-order valence-corrected chi connectivity index (χ0v) is 15.2. The Balaban J connectivity index is 1.91. The number of aromatic amines is 1. The molecule has 0 radical (unpaired) electrons. The second-order valence-electron chi connectivity index (χ2n) is 6.59. The Hall–Kier alpha value is -1.60. The monoisotopic (exact) mass is 336 g/mol. The summed E-state index contributed by atoms with van der Waals surface area (Å²) in [7, 11) is 0. The van der Waals surface area contributed by atoms with E-state index in [0.717, 1.165) is 51.0 Å². The summed E-state index contributed by atoms with van der Waals surface area (Å²) in [6.45, 7) is 12.7. The van der Waals surface area contributed by atoms with Gasteiger partial charge in [0.05, 0.1) is 25.5 Å². The van der Waals surface area contributed by atoms with Crippen molar-refractivity contribution in [3.05, 3.63) is 18.0 Å². The maximum absolute atomic E-state index is 5.49. The number of nitrogens with zero attached hydrogens (tertiary/aromatic N) is 3. The standard InChI is InChI=1S/C17H32N6O/c1-4-18-17(19-12-15-5-6-21-22-15)20-13-16(11-14(2)3)23-7-9-24-10-8-23/h5-6,14,16H,4,7-13H2,1-3H3,(H,21,22)(H2,18,19,20). The molecular weight excluding hydrogens is 304 g/mol. The normalized spacial score (nSPS) is 17.9. The number of rotatable bonds is 8. The van der Waals surface area contributed by atoms with Crippen LogP contribution in [0, 0.1) is 5.92 Å². The Morgan fingerprint density at radius 1 is 1.38 bits per heavy atom. The van der Waals surface area contributed by atoms with Crippen LogP contribution in [0.5, 0.6) is 0 Å². The lowest BCUT2D eigenvalue weighted by Gasteiger charge is -2.35. The Labute approximate surface area is 145 Å². The lowest BCUT2D eigenvalue weighted by Crippen LogP contribution is -2.51. The third-order valence-electron chi connectivity index (χ3n) is 4.12. The van der Waals surface area contributed by atoms with E-state index in [1.54, 1.807) is 6.20 Å². The van der Waals surface area contributed by atoms with Crippen molar-refractivity contribution in [3.63, 3.8) is 0 Å². The van der Waals surface area contributed by atoms with Crippen LogP contribution in [0.1, 0.15) is 32.9 Å². The number of H-pyrrole nitrogens is 1. The molecule has 3 N–H and O–H groups in total. The van der Waals surface area contributed by atoms with E-state index in [9.17, 15) is 0 Å². The predicted molar refractivity (Wildman–Crippen MR) is 97.0 cm³/mol. The van der Waals surface area contributed by atoms with Crippen molar-refractivity contribution >= 4 is 5.96 Å². The van der Waals surface area contributed by atoms with Gasteiger partial charge in [-0.3, -0.25) is 10.00 Å². The molecule has 1 saturated heterocycles. The summed E-state index contributed by atoms with van der Waals surface area (Å²) >= 11 is 0. The predicted octanol–water partition coefficient (Wildman–Crippen LogP) is 1.21. The number of morpholine rings is 1. The zero-order valence-electron chi connectivity index (χ0n) is 15.2. The largest absolute Gasteiger partial charge is 0.379 e. The van der Waals surface area contributed by atoms with Crippen LogP contribution in [-0.4, -0.2) is 66.5 Å². The molecule has 1 aromatic rings. The molecule has 0 spiro atoms. The van der Waals surface area contributed by atoms with Crippen LogP contribution in [0.2, 0.25) is 0 Å². The number of ether oxygens (including phenoxy) is 1. The van der Waals surface area contributed by atoms with Gasteiger partial charge in [-0.05, 0) is 25.3 Å². The van der Waals surface area contributed by atoms with Crippen LogP contribution >= 0.6 is 0 Å². The first-order chi connectivity index (χ1) is 11.7. The first-order valence-corrected chi connectivity index (χ1v) is 9.01. The summed E-state index contributed by atoms with van der Waals surface area (Å²) in [5.74, 6) is 1.53. The molecule has 7 heteroatoms. The molecule has 0 saturated carbocycles. The van der Waals surface area contributed by atoms with Gasteiger partial charge in [-0.2, -0.15) is 5.10 Å². The SMILES string of the molecule is CCNC(=NCc1ccn[nH]1)NCC(CC(C)C)N1CCOCC1. The van der Waals surface area contributed by atoms with Crippen molar-refractivity contribution in [2.45, 2.75) is 39.8 Å². The summed E-state index contributed by atoms with van der Waals surface area (Å²) < 4.78 is 5.49. The first kappa shape index (κ1) is 18.7. The van der Waals surface area contributed by atoms with Crippen LogP contribution in [-0.2, 0) is 11.3 Å². The van der Waals surface area contributed by atoms with Gasteiger partial charge in [0.25, 0.3) is 0 Å². The van der Waals surface area contributed by atoms with Gasteiger partial charge in [-0.25, -0.2) is 4.99 Å². The third kappa shape index (κ3) is 6.49. The zero-order chi connectivity index (χ0) is 17.2. The van der Waals surface area contributed by atoms with E-state index in [1.807, 2.05) is 6.07 Å². The van der Waals surface area contributed by atoms with Crippen molar-refractivity contribution < 1.29 is 4.74 Å². The molecule has 1 aromatic heterocycles. The molecule has 2 rings (SSSR count). The Kier molecular flexibility index (Phi) is 8.04. The van der Waals surface area contributed by atoms with Gasteiger partial charge in [0, 0.05) is 38.4 Å². The van der Waals surface area contributed by atoms with Gasteiger partial charge < -0.3 is 15.4 Å². The minimum absolute atomic E-state index is 0.505. The van der Waals surface area contributed by atoms with Crippen LogP contribution in [0.25, 0.3) is 0 Å². The highest BCUT2D eigenvalue weighted by atomic mass is 16.5. The highest BCUT2D eigenvalue weighted by molar-refractivity contribution is 5.79. The van der Waals surface area contributed by atoms with E-state index >= 15 is 0 Å². The number of hydrogen-bond donors (Lipinski definition) is 3. The summed E-state index contributed by atoms with van der Waals surface area (Å²) in [5, 5.41) is 13.7. The van der Waals surface area contributed by atoms with Gasteiger partial charge in [-0.15, -0.1) is 0 Å². The molecule has 2 heterocycles. The molecule has 0 aromatic carbocycles. The summed E-state index contributed by atoms with van der Waals surface area (Å²) in [6, 6.07) is 2.45. The summed E-state index contributed by atoms with van der Waals surface area (Å²) in [4.78, 5) is 7.17. The fraction of sp³-hybridized carbons (Fsp3) is 0.765. The first-order valence-electron chi connectivity index (χ1n) is 9.01. The third-order valence-corrected chi connectivity index (χ3v) is 4.12. The van der Waals surface area contributed by atoms with Crippen molar-refractivity contribution in [1.82, 2.24) is 25.7 Å². The molecule has 0 amide bonds. The molecule has 1 fully saturated rings. The molecule has 1 atom stereocenters. The molecular formula is C17H32N6O. The van der Waals surface area contributed by atoms with E-state index in [2.05, 4.69) is 51.5 Å². The van der Waals surface area contributed by atoms with E-state index in [-0.39, 0.29) is 0 Å². The smallest absolute Gasteiger partial charge is 0.191 e. The molecule has 1 unspecified atom stereocenters. The number of aliphatic imine (C=N–C) groups is 1. The van der Waals surface area contributed by atoms with Gasteiger partial charge in [0.2, 0.25) is 0 Å². The maximum atomic E-state index is 5.49. The van der Waals surface area contributed by atoms with Gasteiger partial charge >= 0.3 is 0 Å². The lowest BCUT2D eigenvalue weighted by molar-refractivity contribution is 0.0132. The number of nitrogens with one attached hydrogen (secondary N) is 3. The second kappa shape index (κ2) is 10.3. The van der Waals surface area contributed by atoms with Crippen LogP contribution in [0.3, 0.4) is 0 Å². The van der Waals surface area contributed by atoms with Crippen molar-refractivity contribution in [2.75, 3.05) is 39.4 Å². The van der Waals surface area contributed by atoms with E-state index in [4.69, 9.17) is 4.74 Å². The van der Waals surface area contributed by atoms with Crippen LogP contribution in [0.15, 0.2) is 17.3 Å². The van der Waals surface area contributed by atoms with Gasteiger partial charge in [-0.1, -0.05) is 13.8 Å². The number of guanidine groups is 1. The molecule has 0 bridgehead atoms. The van der Waals surface area contributed by atoms with E-state index in [1.165, 1.54) is 6.42 Å². The van der Waals surface area contributed by atoms with E-state index < -0.39 is 0 Å². The van der Waals surface area contributed by atoms with E-state index in [0.29, 0.717) is 18.5 Å². The molecule has 7 nitrogen and oxygen atoms in total. The number of aromatic nitrogens is 2. The molecule has 136 valence electrons. The average molecular weight is 336 g/mol. The lowest BCUT2D eigenvalue weighted by atomic mass is 10.0. The topological polar surface area (TPSA) is 77.6 Å². The number of hydrogen-bond acceptors (Lipinski definition) is 4. The van der Waals surface area contributed by atoms with Crippen molar-refractivity contribution in [2.24, 2.45) is 10.9 Å². The molecule has 24 heavy (non-hydrogen) atoms. The Morgan fingerprint density at radius 2 is 2.17 bits per heavy atom. The summed E-state index contributed by atoms with van der Waals surface area (Å²) in [5.41, 5.74) is 1.01. The second-order valence-corrected chi connectivity index (χ2v) is 6.59. The Bertz CT molecular complexity index is 467. The quantitative estimate of drug-likeness (QED) is 0.491. The Morgan fingerprint density at radius 3 is 2.79 bits per heavy atom. The highest BCUT2D eigenvalue weighted by Gasteiger charge is 2.22.